The van der Waals surface area contributed by atoms with Crippen molar-refractivity contribution in [3.05, 3.63) is 35.9 Å². The minimum Gasteiger partial charge on any atom is -0.463 e. The van der Waals surface area contributed by atoms with Gasteiger partial charge in [0.15, 0.2) is 0 Å². The fourth-order valence-electron chi connectivity index (χ4n) is 3.17. The Morgan fingerprint density at radius 1 is 1.27 bits per heavy atom. The fraction of sp³-hybridized carbons (Fsp3) is 0.588. The van der Waals surface area contributed by atoms with Gasteiger partial charge in [-0.05, 0) is 18.4 Å². The number of hydrogen-bond donors (Lipinski definition) is 3. The van der Waals surface area contributed by atoms with Crippen LogP contribution in [0.1, 0.15) is 31.2 Å². The van der Waals surface area contributed by atoms with E-state index in [4.69, 9.17) is 5.73 Å². The number of rotatable bonds is 4. The molecule has 122 valence electrons. The highest BCUT2D eigenvalue weighted by atomic mass is 16.5. The van der Waals surface area contributed by atoms with Crippen LogP contribution in [-0.2, 0) is 16.1 Å². The van der Waals surface area contributed by atoms with Crippen molar-refractivity contribution in [1.29, 1.82) is 0 Å². The van der Waals surface area contributed by atoms with E-state index < -0.39 is 5.60 Å². The third kappa shape index (κ3) is 4.53. The molecule has 22 heavy (non-hydrogen) atoms. The molecule has 2 fully saturated rings. The molecule has 4 N–H and O–H groups in total. The van der Waals surface area contributed by atoms with E-state index in [9.17, 15) is 9.90 Å². The standard InChI is InChI=1S/C9H18N2O.C8H8O2/c10-8-4-2-1-3-7(8)9(12)5-11-6-9;9-7-10-6-8-4-2-1-3-5-8/h7-8,11-12H,1-6,10H2;1-5,7H,6H2. The van der Waals surface area contributed by atoms with Gasteiger partial charge in [0, 0.05) is 25.0 Å². The monoisotopic (exact) mass is 306 g/mol. The molecule has 0 bridgehead atoms. The fourth-order valence-corrected chi connectivity index (χ4v) is 3.17. The number of nitrogens with two attached hydrogens (primary N) is 1. The average molecular weight is 306 g/mol. The van der Waals surface area contributed by atoms with E-state index in [0.29, 0.717) is 19.0 Å². The highest BCUT2D eigenvalue weighted by Gasteiger charge is 2.45. The predicted molar refractivity (Wildman–Crippen MR) is 85.0 cm³/mol. The Kier molecular flexibility index (Phi) is 6.36. The van der Waals surface area contributed by atoms with Crippen LogP contribution in [0.3, 0.4) is 0 Å². The van der Waals surface area contributed by atoms with Gasteiger partial charge >= 0.3 is 0 Å². The zero-order valence-corrected chi connectivity index (χ0v) is 12.9. The molecule has 1 aromatic carbocycles. The van der Waals surface area contributed by atoms with E-state index in [-0.39, 0.29) is 6.04 Å². The summed E-state index contributed by atoms with van der Waals surface area (Å²) < 4.78 is 4.54. The maximum Gasteiger partial charge on any atom is 0.293 e. The number of carbonyl (C=O) groups is 1. The molecule has 1 aliphatic carbocycles. The molecular weight excluding hydrogens is 280 g/mol. The summed E-state index contributed by atoms with van der Waals surface area (Å²) in [5.41, 5.74) is 6.52. The molecule has 1 saturated heterocycles. The lowest BCUT2D eigenvalue weighted by Crippen LogP contribution is -2.67. The minimum absolute atomic E-state index is 0.228. The van der Waals surface area contributed by atoms with Crippen molar-refractivity contribution < 1.29 is 14.6 Å². The molecule has 1 heterocycles. The summed E-state index contributed by atoms with van der Waals surface area (Å²) in [4.78, 5) is 9.76. The Morgan fingerprint density at radius 2 is 1.95 bits per heavy atom. The molecule has 2 atom stereocenters. The first-order chi connectivity index (χ1) is 10.7. The molecular formula is C17H26N2O3. The van der Waals surface area contributed by atoms with Crippen LogP contribution in [0.4, 0.5) is 0 Å². The molecule has 1 saturated carbocycles. The molecule has 2 aliphatic rings. The lowest BCUT2D eigenvalue weighted by Gasteiger charge is -2.47. The number of hydrogen-bond acceptors (Lipinski definition) is 5. The van der Waals surface area contributed by atoms with Gasteiger partial charge in [-0.2, -0.15) is 0 Å². The van der Waals surface area contributed by atoms with E-state index in [2.05, 4.69) is 10.1 Å². The predicted octanol–water partition coefficient (Wildman–Crippen LogP) is 1.20. The molecule has 3 rings (SSSR count). The van der Waals surface area contributed by atoms with Crippen LogP contribution in [0.5, 0.6) is 0 Å². The normalized spacial score (nSPS) is 26.1. The highest BCUT2D eigenvalue weighted by molar-refractivity contribution is 5.37. The van der Waals surface area contributed by atoms with Crippen molar-refractivity contribution in [2.75, 3.05) is 13.1 Å². The Balaban J connectivity index is 0.000000164. The first-order valence-electron chi connectivity index (χ1n) is 7.93. The van der Waals surface area contributed by atoms with E-state index >= 15 is 0 Å². The number of ether oxygens (including phenoxy) is 1. The molecule has 1 aliphatic heterocycles. The summed E-state index contributed by atoms with van der Waals surface area (Å²) >= 11 is 0. The summed E-state index contributed by atoms with van der Waals surface area (Å²) in [6.07, 6.45) is 4.67. The first-order valence-corrected chi connectivity index (χ1v) is 7.93. The molecule has 5 nitrogen and oxygen atoms in total. The van der Waals surface area contributed by atoms with Crippen LogP contribution in [0.15, 0.2) is 30.3 Å². The largest absolute Gasteiger partial charge is 0.463 e. The topological polar surface area (TPSA) is 84.6 Å². The number of β-amino-alcohol motifs (C(OH)–C–C–N with tert-alkyl or cyclic N) is 1. The van der Waals surface area contributed by atoms with Crippen molar-refractivity contribution >= 4 is 6.47 Å². The molecule has 0 aromatic heterocycles. The van der Waals surface area contributed by atoms with Crippen molar-refractivity contribution in [2.24, 2.45) is 11.7 Å². The lowest BCUT2D eigenvalue weighted by atomic mass is 9.71. The second kappa shape index (κ2) is 8.27. The van der Waals surface area contributed by atoms with E-state index in [1.165, 1.54) is 12.8 Å². The van der Waals surface area contributed by atoms with Gasteiger partial charge < -0.3 is 20.9 Å². The molecule has 5 heteroatoms. The van der Waals surface area contributed by atoms with Gasteiger partial charge in [-0.3, -0.25) is 4.79 Å². The minimum atomic E-state index is -0.472. The Labute approximate surface area is 131 Å². The number of carbonyl (C=O) groups excluding carboxylic acids is 1. The van der Waals surface area contributed by atoms with Gasteiger partial charge in [0.1, 0.15) is 6.61 Å². The summed E-state index contributed by atoms with van der Waals surface area (Å²) in [6, 6.07) is 9.77. The quantitative estimate of drug-likeness (QED) is 0.728. The van der Waals surface area contributed by atoms with Crippen LogP contribution in [0, 0.1) is 5.92 Å². The third-order valence-corrected chi connectivity index (χ3v) is 4.53. The van der Waals surface area contributed by atoms with Crippen LogP contribution >= 0.6 is 0 Å². The molecule has 0 amide bonds. The van der Waals surface area contributed by atoms with Crippen molar-refractivity contribution in [2.45, 2.75) is 43.9 Å². The van der Waals surface area contributed by atoms with Gasteiger partial charge in [0.25, 0.3) is 6.47 Å². The summed E-state index contributed by atoms with van der Waals surface area (Å²) in [5.74, 6) is 0.340. The summed E-state index contributed by atoms with van der Waals surface area (Å²) in [6.45, 7) is 2.30. The van der Waals surface area contributed by atoms with Crippen LogP contribution < -0.4 is 11.1 Å². The highest BCUT2D eigenvalue weighted by Crippen LogP contribution is 2.34. The van der Waals surface area contributed by atoms with Crippen molar-refractivity contribution in [3.63, 3.8) is 0 Å². The number of nitrogens with one attached hydrogen (secondary N) is 1. The smallest absolute Gasteiger partial charge is 0.293 e. The maximum atomic E-state index is 10.1. The van der Waals surface area contributed by atoms with Gasteiger partial charge in [-0.1, -0.05) is 43.2 Å². The molecule has 0 radical (unpaired) electrons. The van der Waals surface area contributed by atoms with Crippen molar-refractivity contribution in [1.82, 2.24) is 5.32 Å². The Morgan fingerprint density at radius 3 is 2.50 bits per heavy atom. The van der Waals surface area contributed by atoms with Crippen LogP contribution in [-0.4, -0.2) is 36.3 Å². The van der Waals surface area contributed by atoms with E-state index in [0.717, 1.165) is 31.5 Å². The number of aliphatic hydroxyl groups is 1. The molecule has 0 spiro atoms. The van der Waals surface area contributed by atoms with Gasteiger partial charge in [-0.15, -0.1) is 0 Å². The van der Waals surface area contributed by atoms with Crippen LogP contribution in [0.25, 0.3) is 0 Å². The Hall–Kier alpha value is -1.43. The van der Waals surface area contributed by atoms with E-state index in [1.54, 1.807) is 0 Å². The molecule has 1 aromatic rings. The second-order valence-electron chi connectivity index (χ2n) is 6.15. The summed E-state index contributed by atoms with van der Waals surface area (Å²) in [5, 5.41) is 13.2. The Bertz CT molecular complexity index is 448. The zero-order valence-electron chi connectivity index (χ0n) is 12.9. The van der Waals surface area contributed by atoms with Gasteiger partial charge in [-0.25, -0.2) is 0 Å². The van der Waals surface area contributed by atoms with Crippen molar-refractivity contribution in [3.8, 4) is 0 Å². The van der Waals surface area contributed by atoms with Gasteiger partial charge in [0.05, 0.1) is 5.60 Å². The number of benzene rings is 1. The molecule has 2 unspecified atom stereocenters. The first kappa shape index (κ1) is 16.9. The van der Waals surface area contributed by atoms with Gasteiger partial charge in [0.2, 0.25) is 0 Å². The lowest BCUT2D eigenvalue weighted by molar-refractivity contribution is -0.129. The summed E-state index contributed by atoms with van der Waals surface area (Å²) in [7, 11) is 0. The van der Waals surface area contributed by atoms with Crippen LogP contribution in [0.2, 0.25) is 0 Å². The van der Waals surface area contributed by atoms with E-state index in [1.807, 2.05) is 30.3 Å². The second-order valence-corrected chi connectivity index (χ2v) is 6.15. The zero-order chi connectivity index (χ0) is 15.8. The maximum absolute atomic E-state index is 10.1. The SMILES string of the molecule is NC1CCCCC1C1(O)CNC1.O=COCc1ccccc1. The average Bonchev–Trinajstić information content (AvgIpc) is 2.53. The third-order valence-electron chi connectivity index (χ3n) is 4.53.